The largest absolute Gasteiger partial charge is 0.497 e. The number of likely N-dealkylation sites (tertiary alicyclic amines) is 1. The van der Waals surface area contributed by atoms with Gasteiger partial charge in [0, 0.05) is 37.1 Å². The molecule has 1 saturated heterocycles. The van der Waals surface area contributed by atoms with E-state index < -0.39 is 0 Å². The molecule has 1 aliphatic rings. The van der Waals surface area contributed by atoms with Crippen LogP contribution >= 0.6 is 0 Å². The summed E-state index contributed by atoms with van der Waals surface area (Å²) in [5.74, 6) is 2.58. The Kier molecular flexibility index (Phi) is 6.17. The fourth-order valence-electron chi connectivity index (χ4n) is 4.20. The van der Waals surface area contributed by atoms with Crippen molar-refractivity contribution in [3.63, 3.8) is 0 Å². The zero-order valence-electron chi connectivity index (χ0n) is 17.8. The zero-order chi connectivity index (χ0) is 20.9. The van der Waals surface area contributed by atoms with Crippen LogP contribution < -0.4 is 4.74 Å². The molecule has 30 heavy (non-hydrogen) atoms. The average Bonchev–Trinajstić information content (AvgIpc) is 3.15. The predicted octanol–water partition coefficient (Wildman–Crippen LogP) is 4.35. The van der Waals surface area contributed by atoms with E-state index in [-0.39, 0.29) is 5.91 Å². The quantitative estimate of drug-likeness (QED) is 0.615. The van der Waals surface area contributed by atoms with E-state index in [9.17, 15) is 4.79 Å². The molecular formula is C25H29N3O2. The Balaban J connectivity index is 1.35. The van der Waals surface area contributed by atoms with Crippen LogP contribution in [0.15, 0.2) is 60.8 Å². The molecule has 1 aromatic heterocycles. The zero-order valence-corrected chi connectivity index (χ0v) is 17.8. The molecule has 5 nitrogen and oxygen atoms in total. The lowest BCUT2D eigenvalue weighted by molar-refractivity contribution is -0.131. The average molecular weight is 404 g/mol. The summed E-state index contributed by atoms with van der Waals surface area (Å²) in [6.45, 7) is 4.71. The van der Waals surface area contributed by atoms with Crippen LogP contribution in [0.2, 0.25) is 0 Å². The summed E-state index contributed by atoms with van der Waals surface area (Å²) in [4.78, 5) is 19.4. The van der Waals surface area contributed by atoms with Crippen LogP contribution in [0, 0.1) is 12.8 Å². The van der Waals surface area contributed by atoms with E-state index in [0.717, 1.165) is 55.2 Å². The molecule has 2 aromatic carbocycles. The number of rotatable bonds is 6. The van der Waals surface area contributed by atoms with Gasteiger partial charge in [-0.15, -0.1) is 0 Å². The van der Waals surface area contributed by atoms with Gasteiger partial charge in [0.1, 0.15) is 11.6 Å². The standard InChI is InChI=1S/C25H29N3O2/c1-19-17-26-25(22-8-4-3-5-9-22)28(19)18-20-11-13-27(14-12-20)24(29)16-21-7-6-10-23(15-21)30-2/h3-10,15,17,20H,11-14,16,18H2,1-2H3. The minimum Gasteiger partial charge on any atom is -0.497 e. The lowest BCUT2D eigenvalue weighted by Crippen LogP contribution is -2.40. The van der Waals surface area contributed by atoms with Gasteiger partial charge in [0.05, 0.1) is 13.5 Å². The van der Waals surface area contributed by atoms with Crippen LogP contribution in [-0.4, -0.2) is 40.6 Å². The van der Waals surface area contributed by atoms with E-state index in [1.54, 1.807) is 7.11 Å². The fraction of sp³-hybridized carbons (Fsp3) is 0.360. The molecule has 0 radical (unpaired) electrons. The summed E-state index contributed by atoms with van der Waals surface area (Å²) in [6, 6.07) is 18.1. The highest BCUT2D eigenvalue weighted by Crippen LogP contribution is 2.25. The number of piperidine rings is 1. The molecular weight excluding hydrogens is 374 g/mol. The smallest absolute Gasteiger partial charge is 0.226 e. The highest BCUT2D eigenvalue weighted by Gasteiger charge is 2.24. The molecule has 1 fully saturated rings. The molecule has 0 unspecified atom stereocenters. The topological polar surface area (TPSA) is 47.4 Å². The van der Waals surface area contributed by atoms with E-state index in [1.807, 2.05) is 41.4 Å². The van der Waals surface area contributed by atoms with Crippen molar-refractivity contribution in [2.75, 3.05) is 20.2 Å². The van der Waals surface area contributed by atoms with Crippen molar-refractivity contribution in [1.82, 2.24) is 14.5 Å². The maximum Gasteiger partial charge on any atom is 0.226 e. The van der Waals surface area contributed by atoms with E-state index >= 15 is 0 Å². The molecule has 0 saturated carbocycles. The summed E-state index contributed by atoms with van der Waals surface area (Å²) in [6.07, 6.45) is 4.43. The molecule has 0 spiro atoms. The summed E-state index contributed by atoms with van der Waals surface area (Å²) < 4.78 is 7.59. The Morgan fingerprint density at radius 3 is 2.60 bits per heavy atom. The monoisotopic (exact) mass is 403 g/mol. The summed E-state index contributed by atoms with van der Waals surface area (Å²) >= 11 is 0. The molecule has 3 aromatic rings. The number of imidazole rings is 1. The second-order valence-corrected chi connectivity index (χ2v) is 8.05. The number of methoxy groups -OCH3 is 1. The minimum absolute atomic E-state index is 0.200. The van der Waals surface area contributed by atoms with Gasteiger partial charge in [-0.3, -0.25) is 4.79 Å². The summed E-state index contributed by atoms with van der Waals surface area (Å²) in [7, 11) is 1.65. The molecule has 0 aliphatic carbocycles. The van der Waals surface area contributed by atoms with E-state index in [4.69, 9.17) is 4.74 Å². The number of amides is 1. The van der Waals surface area contributed by atoms with Crippen molar-refractivity contribution in [3.8, 4) is 17.1 Å². The Hall–Kier alpha value is -3.08. The maximum absolute atomic E-state index is 12.8. The van der Waals surface area contributed by atoms with Crippen molar-refractivity contribution >= 4 is 5.91 Å². The van der Waals surface area contributed by atoms with Crippen LogP contribution in [0.5, 0.6) is 5.75 Å². The van der Waals surface area contributed by atoms with Gasteiger partial charge in [-0.05, 0) is 43.4 Å². The van der Waals surface area contributed by atoms with E-state index in [1.165, 1.54) is 5.69 Å². The molecule has 2 heterocycles. The third-order valence-corrected chi connectivity index (χ3v) is 5.98. The number of carbonyl (C=O) groups is 1. The van der Waals surface area contributed by atoms with Gasteiger partial charge in [0.25, 0.3) is 0 Å². The van der Waals surface area contributed by atoms with Crippen LogP contribution in [0.1, 0.15) is 24.1 Å². The Morgan fingerprint density at radius 2 is 1.87 bits per heavy atom. The van der Waals surface area contributed by atoms with Crippen molar-refractivity contribution in [2.45, 2.75) is 32.7 Å². The van der Waals surface area contributed by atoms with Crippen molar-refractivity contribution in [1.29, 1.82) is 0 Å². The lowest BCUT2D eigenvalue weighted by Gasteiger charge is -2.32. The number of carbonyl (C=O) groups excluding carboxylic acids is 1. The van der Waals surface area contributed by atoms with Gasteiger partial charge < -0.3 is 14.2 Å². The molecule has 5 heteroatoms. The molecule has 4 rings (SSSR count). The number of ether oxygens (including phenoxy) is 1. The third-order valence-electron chi connectivity index (χ3n) is 5.98. The second-order valence-electron chi connectivity index (χ2n) is 8.05. The van der Waals surface area contributed by atoms with Gasteiger partial charge >= 0.3 is 0 Å². The number of aromatic nitrogens is 2. The number of nitrogens with zero attached hydrogens (tertiary/aromatic N) is 3. The van der Waals surface area contributed by atoms with E-state index in [2.05, 4.69) is 40.7 Å². The third kappa shape index (κ3) is 4.56. The normalized spacial score (nSPS) is 14.7. The van der Waals surface area contributed by atoms with Crippen molar-refractivity contribution in [2.24, 2.45) is 5.92 Å². The van der Waals surface area contributed by atoms with Crippen LogP contribution in [-0.2, 0) is 17.8 Å². The van der Waals surface area contributed by atoms with Crippen LogP contribution in [0.3, 0.4) is 0 Å². The highest BCUT2D eigenvalue weighted by molar-refractivity contribution is 5.79. The predicted molar refractivity (Wildman–Crippen MR) is 118 cm³/mol. The first-order chi connectivity index (χ1) is 14.6. The first-order valence-electron chi connectivity index (χ1n) is 10.6. The van der Waals surface area contributed by atoms with Crippen LogP contribution in [0.4, 0.5) is 0 Å². The van der Waals surface area contributed by atoms with Crippen molar-refractivity contribution < 1.29 is 9.53 Å². The Labute approximate surface area is 178 Å². The van der Waals surface area contributed by atoms with Gasteiger partial charge in [-0.2, -0.15) is 0 Å². The van der Waals surface area contributed by atoms with Gasteiger partial charge in [-0.1, -0.05) is 42.5 Å². The van der Waals surface area contributed by atoms with Crippen molar-refractivity contribution in [3.05, 3.63) is 72.1 Å². The van der Waals surface area contributed by atoms with Gasteiger partial charge in [0.2, 0.25) is 5.91 Å². The maximum atomic E-state index is 12.8. The number of hydrogen-bond donors (Lipinski definition) is 0. The second kappa shape index (κ2) is 9.16. The summed E-state index contributed by atoms with van der Waals surface area (Å²) in [5.41, 5.74) is 3.34. The lowest BCUT2D eigenvalue weighted by atomic mass is 9.96. The first-order valence-corrected chi connectivity index (χ1v) is 10.6. The molecule has 156 valence electrons. The highest BCUT2D eigenvalue weighted by atomic mass is 16.5. The van der Waals surface area contributed by atoms with Gasteiger partial charge in [-0.25, -0.2) is 4.98 Å². The number of benzene rings is 2. The minimum atomic E-state index is 0.200. The van der Waals surface area contributed by atoms with E-state index in [0.29, 0.717) is 12.3 Å². The van der Waals surface area contributed by atoms with Gasteiger partial charge in [0.15, 0.2) is 0 Å². The van der Waals surface area contributed by atoms with Crippen LogP contribution in [0.25, 0.3) is 11.4 Å². The number of hydrogen-bond acceptors (Lipinski definition) is 3. The first kappa shape index (κ1) is 20.2. The fourth-order valence-corrected chi connectivity index (χ4v) is 4.20. The molecule has 1 aliphatic heterocycles. The molecule has 0 bridgehead atoms. The molecule has 0 atom stereocenters. The Bertz CT molecular complexity index is 989. The Morgan fingerprint density at radius 1 is 1.10 bits per heavy atom. The molecule has 1 amide bonds. The molecule has 0 N–H and O–H groups in total. The SMILES string of the molecule is COc1cccc(CC(=O)N2CCC(Cn3c(C)cnc3-c3ccccc3)CC2)c1. The number of aryl methyl sites for hydroxylation is 1. The summed E-state index contributed by atoms with van der Waals surface area (Å²) in [5, 5.41) is 0.